The summed E-state index contributed by atoms with van der Waals surface area (Å²) >= 11 is 0. The van der Waals surface area contributed by atoms with Gasteiger partial charge < -0.3 is 15.1 Å². The van der Waals surface area contributed by atoms with Crippen LogP contribution >= 0.6 is 0 Å². The Balaban J connectivity index is 1.11. The first kappa shape index (κ1) is 44.3. The summed E-state index contributed by atoms with van der Waals surface area (Å²) in [5.41, 5.74) is 3.05. The third-order valence-electron chi connectivity index (χ3n) is 10.9. The number of carboxylic acid groups (broad SMARTS) is 1. The molecule has 0 atom stereocenters. The number of fused-ring (bicyclic) bond motifs is 4. The molecule has 0 spiro atoms. The fourth-order valence-electron chi connectivity index (χ4n) is 7.60. The van der Waals surface area contributed by atoms with Crippen LogP contribution in [-0.4, -0.2) is 55.1 Å². The number of hydrogen-bond acceptors (Lipinski definition) is 15. The third-order valence-corrected chi connectivity index (χ3v) is 13.5. The molecule has 5 N–H and O–H groups in total. The molecule has 1 aliphatic rings. The van der Waals surface area contributed by atoms with Crippen LogP contribution in [0.2, 0.25) is 0 Å². The smallest absolute Gasteiger partial charge is 0.335 e. The monoisotopic (exact) mass is 957 g/mol. The highest BCUT2D eigenvalue weighted by molar-refractivity contribution is 7.86. The van der Waals surface area contributed by atoms with Crippen LogP contribution in [0.3, 0.4) is 0 Å². The van der Waals surface area contributed by atoms with E-state index in [0.717, 1.165) is 47.1 Å². The number of aromatic carboxylic acids is 1. The molecule has 0 saturated heterocycles. The van der Waals surface area contributed by atoms with Crippen molar-refractivity contribution in [3.63, 3.8) is 0 Å². The maximum atomic E-state index is 12.8. The zero-order chi connectivity index (χ0) is 47.4. The van der Waals surface area contributed by atoms with Crippen molar-refractivity contribution in [1.29, 1.82) is 0 Å². The maximum Gasteiger partial charge on any atom is 0.335 e. The SMILES string of the molecule is O=C(O)c1ccc(N=Nc2ccc(N=Nc3ccc(N=Nc4c(S(=O)(=O)O)cc5cc(N6Cc7ccccc7C6)ccc5c4O)c4cc(S(=O)(=O)O)ccc34)c3cc(S(=O)(=O)O)ccc23)cc1. The number of carbonyl (C=O) groups is 1. The lowest BCUT2D eigenvalue weighted by Crippen LogP contribution is -2.14. The van der Waals surface area contributed by atoms with Crippen molar-refractivity contribution in [3.05, 3.63) is 150 Å². The van der Waals surface area contributed by atoms with E-state index >= 15 is 0 Å². The Morgan fingerprint density at radius 2 is 0.970 bits per heavy atom. The first-order valence-electron chi connectivity index (χ1n) is 19.6. The molecule has 22 heteroatoms. The van der Waals surface area contributed by atoms with Gasteiger partial charge in [-0.3, -0.25) is 13.7 Å². The highest BCUT2D eigenvalue weighted by Crippen LogP contribution is 2.45. The van der Waals surface area contributed by atoms with E-state index in [0.29, 0.717) is 24.2 Å². The van der Waals surface area contributed by atoms with Gasteiger partial charge in [-0.2, -0.15) is 30.4 Å². The molecule has 0 unspecified atom stereocenters. The second kappa shape index (κ2) is 16.8. The average molecular weight is 958 g/mol. The Morgan fingerprint density at radius 3 is 1.46 bits per heavy atom. The lowest BCUT2D eigenvalue weighted by Gasteiger charge is -2.19. The normalized spacial score (nSPS) is 13.5. The molecular formula is C45H31N7O12S3. The molecule has 0 aromatic heterocycles. The van der Waals surface area contributed by atoms with Gasteiger partial charge in [-0.1, -0.05) is 36.4 Å². The van der Waals surface area contributed by atoms with Crippen LogP contribution in [-0.2, 0) is 43.4 Å². The number of benzene rings is 8. The summed E-state index contributed by atoms with van der Waals surface area (Å²) in [5, 5.41) is 47.1. The van der Waals surface area contributed by atoms with Gasteiger partial charge in [0.1, 0.15) is 10.6 Å². The molecule has 0 aliphatic carbocycles. The van der Waals surface area contributed by atoms with Gasteiger partial charge in [-0.25, -0.2) is 4.79 Å². The summed E-state index contributed by atoms with van der Waals surface area (Å²) in [6, 6.07) is 32.4. The van der Waals surface area contributed by atoms with Crippen LogP contribution in [0.4, 0.5) is 39.8 Å². The molecule has 67 heavy (non-hydrogen) atoms. The van der Waals surface area contributed by atoms with E-state index in [1.54, 1.807) is 18.2 Å². The van der Waals surface area contributed by atoms with Crippen LogP contribution in [0.1, 0.15) is 21.5 Å². The first-order chi connectivity index (χ1) is 31.8. The van der Waals surface area contributed by atoms with Crippen LogP contribution in [0.25, 0.3) is 32.3 Å². The number of phenolic OH excluding ortho intramolecular Hbond substituents is 1. The number of nitrogens with zero attached hydrogens (tertiary/aromatic N) is 7. The quantitative estimate of drug-likeness (QED) is 0.0596. The van der Waals surface area contributed by atoms with Gasteiger partial charge in [0.05, 0.1) is 43.8 Å². The number of carboxylic acids is 1. The Kier molecular flexibility index (Phi) is 11.2. The number of aromatic hydroxyl groups is 1. The summed E-state index contributed by atoms with van der Waals surface area (Å²) in [7, 11) is -14.5. The number of phenols is 1. The summed E-state index contributed by atoms with van der Waals surface area (Å²) in [5.74, 6) is -1.75. The van der Waals surface area contributed by atoms with Crippen molar-refractivity contribution in [2.75, 3.05) is 4.90 Å². The predicted molar refractivity (Wildman–Crippen MR) is 245 cm³/mol. The molecular weight excluding hydrogens is 927 g/mol. The van der Waals surface area contributed by atoms with Crippen LogP contribution < -0.4 is 4.90 Å². The van der Waals surface area contributed by atoms with Crippen LogP contribution in [0, 0.1) is 0 Å². The van der Waals surface area contributed by atoms with Gasteiger partial charge in [-0.05, 0) is 114 Å². The average Bonchev–Trinajstić information content (AvgIpc) is 3.73. The van der Waals surface area contributed by atoms with Gasteiger partial charge in [0.25, 0.3) is 30.4 Å². The molecule has 1 heterocycles. The molecule has 19 nitrogen and oxygen atoms in total. The minimum Gasteiger partial charge on any atom is -0.505 e. The van der Waals surface area contributed by atoms with E-state index in [2.05, 4.69) is 35.6 Å². The van der Waals surface area contributed by atoms with Gasteiger partial charge in [0.2, 0.25) is 0 Å². The molecule has 0 amide bonds. The second-order valence-corrected chi connectivity index (χ2v) is 19.3. The molecule has 8 aromatic carbocycles. The molecule has 0 radical (unpaired) electrons. The number of hydrogen-bond donors (Lipinski definition) is 5. The second-order valence-electron chi connectivity index (χ2n) is 15.1. The van der Waals surface area contributed by atoms with Gasteiger partial charge >= 0.3 is 5.97 Å². The molecule has 1 aliphatic heterocycles. The minimum atomic E-state index is -5.03. The Morgan fingerprint density at radius 1 is 0.493 bits per heavy atom. The Hall–Kier alpha value is -7.86. The van der Waals surface area contributed by atoms with Crippen LogP contribution in [0.5, 0.6) is 5.75 Å². The fraction of sp³-hybridized carbons (Fsp3) is 0.0444. The van der Waals surface area contributed by atoms with Crippen molar-refractivity contribution in [2.45, 2.75) is 27.8 Å². The van der Waals surface area contributed by atoms with Gasteiger partial charge in [0.15, 0.2) is 5.75 Å². The van der Waals surface area contributed by atoms with E-state index < -0.39 is 62.4 Å². The van der Waals surface area contributed by atoms with E-state index in [1.807, 2.05) is 24.3 Å². The van der Waals surface area contributed by atoms with Gasteiger partial charge in [0, 0.05) is 45.7 Å². The maximum absolute atomic E-state index is 12.8. The lowest BCUT2D eigenvalue weighted by molar-refractivity contribution is 0.0696. The van der Waals surface area contributed by atoms with Crippen molar-refractivity contribution in [1.82, 2.24) is 0 Å². The van der Waals surface area contributed by atoms with E-state index in [4.69, 9.17) is 0 Å². The van der Waals surface area contributed by atoms with Gasteiger partial charge in [-0.15, -0.1) is 25.6 Å². The highest BCUT2D eigenvalue weighted by Gasteiger charge is 2.25. The predicted octanol–water partition coefficient (Wildman–Crippen LogP) is 11.1. The molecule has 336 valence electrons. The zero-order valence-corrected chi connectivity index (χ0v) is 36.5. The molecule has 0 fully saturated rings. The lowest BCUT2D eigenvalue weighted by atomic mass is 10.1. The fourth-order valence-corrected chi connectivity index (χ4v) is 9.27. The van der Waals surface area contributed by atoms with E-state index in [-0.39, 0.29) is 55.2 Å². The minimum absolute atomic E-state index is 0.00549. The van der Waals surface area contributed by atoms with Crippen molar-refractivity contribution in [3.8, 4) is 5.75 Å². The topological polar surface area (TPSA) is 298 Å². The molecule has 0 bridgehead atoms. The highest BCUT2D eigenvalue weighted by atomic mass is 32.2. The van der Waals surface area contributed by atoms with Crippen molar-refractivity contribution < 1.29 is 53.9 Å². The molecule has 8 aromatic rings. The molecule has 9 rings (SSSR count). The zero-order valence-electron chi connectivity index (χ0n) is 34.1. The number of rotatable bonds is 11. The molecule has 0 saturated carbocycles. The third kappa shape index (κ3) is 8.94. The standard InChI is InChI=1S/C45H31N7O12S3/c53-44-33-12-9-30(52-23-26-3-1-2-4-27(26)24-52)19-28(33)20-42(67(62,63)64)43(44)51-50-41-18-16-39(35-14-11-32(22-37(35)41)66(59,60)61)48-49-40-17-15-38(34-13-10-31(21-36(34)40)65(56,57)58)47-46-29-7-5-25(6-8-29)45(54)55/h1-22,53H,23-24H2,(H,54,55)(H,56,57,58)(H,59,60,61)(H,62,63,64). The Labute approximate surface area is 380 Å². The Bertz CT molecular complexity index is 3820. The van der Waals surface area contributed by atoms with Crippen molar-refractivity contribution >= 4 is 108 Å². The van der Waals surface area contributed by atoms with E-state index in [1.165, 1.54) is 60.7 Å². The number of anilines is 1. The first-order valence-corrected chi connectivity index (χ1v) is 23.9. The van der Waals surface area contributed by atoms with Crippen LogP contribution in [0.15, 0.2) is 179 Å². The summed E-state index contributed by atoms with van der Waals surface area (Å²) < 4.78 is 105. The summed E-state index contributed by atoms with van der Waals surface area (Å²) in [6.07, 6.45) is 0. The van der Waals surface area contributed by atoms with E-state index in [9.17, 15) is 53.9 Å². The van der Waals surface area contributed by atoms with Crippen molar-refractivity contribution in [2.24, 2.45) is 30.7 Å². The largest absolute Gasteiger partial charge is 0.505 e. The summed E-state index contributed by atoms with van der Waals surface area (Å²) in [6.45, 7) is 1.20. The summed E-state index contributed by atoms with van der Waals surface area (Å²) in [4.78, 5) is 11.5. The number of azo groups is 3.